The molecular formula is C12H23NO. The molecule has 1 aliphatic heterocycles. The Labute approximate surface area is 87.2 Å². The Morgan fingerprint density at radius 3 is 2.86 bits per heavy atom. The van der Waals surface area contributed by atoms with Crippen LogP contribution in [0.5, 0.6) is 0 Å². The van der Waals surface area contributed by atoms with Crippen LogP contribution in [0.25, 0.3) is 0 Å². The molecule has 1 aliphatic carbocycles. The standard InChI is InChI=1S/C12H23NO/c1-9(2)10-3-4-11-12(7-10,8-13)5-6-14-11/h9-11H,3-8,13H2,1-2H3/t10-,11-,12+/m1/s1. The van der Waals surface area contributed by atoms with Gasteiger partial charge in [0.25, 0.3) is 0 Å². The molecule has 1 heterocycles. The van der Waals surface area contributed by atoms with Crippen molar-refractivity contribution in [1.29, 1.82) is 0 Å². The highest BCUT2D eigenvalue weighted by atomic mass is 16.5. The quantitative estimate of drug-likeness (QED) is 0.736. The second-order valence-corrected chi connectivity index (χ2v) is 5.46. The largest absolute Gasteiger partial charge is 0.378 e. The highest BCUT2D eigenvalue weighted by Crippen LogP contribution is 2.48. The van der Waals surface area contributed by atoms with Crippen molar-refractivity contribution in [2.45, 2.75) is 45.6 Å². The van der Waals surface area contributed by atoms with Crippen LogP contribution < -0.4 is 5.73 Å². The van der Waals surface area contributed by atoms with Gasteiger partial charge in [0.2, 0.25) is 0 Å². The van der Waals surface area contributed by atoms with Gasteiger partial charge in [-0.25, -0.2) is 0 Å². The molecule has 0 amide bonds. The smallest absolute Gasteiger partial charge is 0.0644 e. The number of hydrogen-bond donors (Lipinski definition) is 1. The molecule has 0 spiro atoms. The van der Waals surface area contributed by atoms with E-state index in [1.165, 1.54) is 25.7 Å². The van der Waals surface area contributed by atoms with E-state index < -0.39 is 0 Å². The van der Waals surface area contributed by atoms with E-state index in [0.29, 0.717) is 11.5 Å². The van der Waals surface area contributed by atoms with Gasteiger partial charge in [-0.2, -0.15) is 0 Å². The van der Waals surface area contributed by atoms with Gasteiger partial charge in [0.15, 0.2) is 0 Å². The first-order valence-corrected chi connectivity index (χ1v) is 5.99. The van der Waals surface area contributed by atoms with E-state index in [1.54, 1.807) is 0 Å². The van der Waals surface area contributed by atoms with Gasteiger partial charge in [-0.15, -0.1) is 0 Å². The van der Waals surface area contributed by atoms with E-state index in [2.05, 4.69) is 13.8 Å². The zero-order valence-corrected chi connectivity index (χ0v) is 9.46. The molecular weight excluding hydrogens is 174 g/mol. The van der Waals surface area contributed by atoms with Gasteiger partial charge in [-0.1, -0.05) is 13.8 Å². The summed E-state index contributed by atoms with van der Waals surface area (Å²) in [6.45, 7) is 6.43. The molecule has 2 fully saturated rings. The first-order chi connectivity index (χ1) is 6.68. The Kier molecular flexibility index (Phi) is 2.85. The minimum atomic E-state index is 0.340. The lowest BCUT2D eigenvalue weighted by Gasteiger charge is -2.42. The summed E-state index contributed by atoms with van der Waals surface area (Å²) in [4.78, 5) is 0. The maximum Gasteiger partial charge on any atom is 0.0644 e. The Morgan fingerprint density at radius 2 is 2.21 bits per heavy atom. The van der Waals surface area contributed by atoms with Gasteiger partial charge < -0.3 is 10.5 Å². The van der Waals surface area contributed by atoms with E-state index in [9.17, 15) is 0 Å². The zero-order chi connectivity index (χ0) is 10.2. The first kappa shape index (κ1) is 10.4. The Morgan fingerprint density at radius 1 is 1.43 bits per heavy atom. The van der Waals surface area contributed by atoms with Crippen LogP contribution in [0.15, 0.2) is 0 Å². The fourth-order valence-electron chi connectivity index (χ4n) is 3.24. The van der Waals surface area contributed by atoms with Crippen molar-refractivity contribution < 1.29 is 4.74 Å². The van der Waals surface area contributed by atoms with E-state index in [0.717, 1.165) is 25.0 Å². The van der Waals surface area contributed by atoms with Crippen molar-refractivity contribution in [2.75, 3.05) is 13.2 Å². The molecule has 1 saturated carbocycles. The van der Waals surface area contributed by atoms with E-state index in [1.807, 2.05) is 0 Å². The Bertz CT molecular complexity index is 204. The summed E-state index contributed by atoms with van der Waals surface area (Å²) in [5.74, 6) is 1.68. The summed E-state index contributed by atoms with van der Waals surface area (Å²) >= 11 is 0. The number of ether oxygens (including phenoxy) is 1. The Hall–Kier alpha value is -0.0800. The highest BCUT2D eigenvalue weighted by molar-refractivity contribution is 4.98. The average molecular weight is 197 g/mol. The monoisotopic (exact) mass is 197 g/mol. The van der Waals surface area contributed by atoms with E-state index >= 15 is 0 Å². The molecule has 1 saturated heterocycles. The summed E-state index contributed by atoms with van der Waals surface area (Å²) in [5, 5.41) is 0. The number of hydrogen-bond acceptors (Lipinski definition) is 2. The molecule has 0 radical (unpaired) electrons. The number of nitrogens with two attached hydrogens (primary N) is 1. The molecule has 0 aromatic rings. The van der Waals surface area contributed by atoms with Crippen molar-refractivity contribution in [3.05, 3.63) is 0 Å². The van der Waals surface area contributed by atoms with Crippen LogP contribution >= 0.6 is 0 Å². The molecule has 2 nitrogen and oxygen atoms in total. The summed E-state index contributed by atoms with van der Waals surface area (Å²) in [5.41, 5.74) is 6.30. The van der Waals surface area contributed by atoms with Crippen LogP contribution in [0, 0.1) is 17.3 Å². The topological polar surface area (TPSA) is 35.2 Å². The average Bonchev–Trinajstić information content (AvgIpc) is 2.60. The third-order valence-corrected chi connectivity index (χ3v) is 4.42. The van der Waals surface area contributed by atoms with E-state index in [4.69, 9.17) is 10.5 Å². The maximum absolute atomic E-state index is 5.96. The first-order valence-electron chi connectivity index (χ1n) is 5.99. The fraction of sp³-hybridized carbons (Fsp3) is 1.00. The Balaban J connectivity index is 2.09. The van der Waals surface area contributed by atoms with Gasteiger partial charge in [0.05, 0.1) is 6.10 Å². The van der Waals surface area contributed by atoms with Gasteiger partial charge >= 0.3 is 0 Å². The van der Waals surface area contributed by atoms with Crippen LogP contribution in [0.1, 0.15) is 39.5 Å². The fourth-order valence-corrected chi connectivity index (χ4v) is 3.24. The highest BCUT2D eigenvalue weighted by Gasteiger charge is 2.47. The predicted molar refractivity (Wildman–Crippen MR) is 58.0 cm³/mol. The summed E-state index contributed by atoms with van der Waals surface area (Å²) in [6.07, 6.45) is 5.54. The van der Waals surface area contributed by atoms with Crippen molar-refractivity contribution in [1.82, 2.24) is 0 Å². The van der Waals surface area contributed by atoms with Crippen LogP contribution in [0.4, 0.5) is 0 Å². The number of fused-ring (bicyclic) bond motifs is 1. The SMILES string of the molecule is CC(C)[C@@H]1CC[C@H]2OCC[C@@]2(CN)C1. The third-order valence-electron chi connectivity index (χ3n) is 4.42. The van der Waals surface area contributed by atoms with Gasteiger partial charge in [-0.05, 0) is 37.5 Å². The lowest BCUT2D eigenvalue weighted by atomic mass is 9.65. The van der Waals surface area contributed by atoms with Crippen molar-refractivity contribution in [3.63, 3.8) is 0 Å². The molecule has 2 aliphatic rings. The molecule has 0 bridgehead atoms. The molecule has 0 aromatic carbocycles. The zero-order valence-electron chi connectivity index (χ0n) is 9.46. The van der Waals surface area contributed by atoms with Crippen molar-refractivity contribution >= 4 is 0 Å². The lowest BCUT2D eigenvalue weighted by Crippen LogP contribution is -2.44. The second kappa shape index (κ2) is 3.82. The van der Waals surface area contributed by atoms with Crippen LogP contribution in [-0.2, 0) is 4.74 Å². The molecule has 2 heteroatoms. The molecule has 3 atom stereocenters. The molecule has 0 aromatic heterocycles. The molecule has 0 unspecified atom stereocenters. The molecule has 82 valence electrons. The van der Waals surface area contributed by atoms with Gasteiger partial charge in [-0.3, -0.25) is 0 Å². The van der Waals surface area contributed by atoms with Gasteiger partial charge in [0, 0.05) is 18.6 Å². The molecule has 14 heavy (non-hydrogen) atoms. The predicted octanol–water partition coefficient (Wildman–Crippen LogP) is 2.18. The van der Waals surface area contributed by atoms with E-state index in [-0.39, 0.29) is 0 Å². The van der Waals surface area contributed by atoms with Crippen molar-refractivity contribution in [3.8, 4) is 0 Å². The number of rotatable bonds is 2. The normalized spacial score (nSPS) is 42.9. The summed E-state index contributed by atoms with van der Waals surface area (Å²) in [7, 11) is 0. The van der Waals surface area contributed by atoms with Crippen LogP contribution in [0.2, 0.25) is 0 Å². The van der Waals surface area contributed by atoms with Crippen molar-refractivity contribution in [2.24, 2.45) is 23.0 Å². The van der Waals surface area contributed by atoms with Crippen LogP contribution in [-0.4, -0.2) is 19.3 Å². The minimum Gasteiger partial charge on any atom is -0.378 e. The summed E-state index contributed by atoms with van der Waals surface area (Å²) < 4.78 is 5.80. The minimum absolute atomic E-state index is 0.340. The summed E-state index contributed by atoms with van der Waals surface area (Å²) in [6, 6.07) is 0. The second-order valence-electron chi connectivity index (χ2n) is 5.46. The maximum atomic E-state index is 5.96. The molecule has 2 N–H and O–H groups in total. The molecule has 2 rings (SSSR count). The third kappa shape index (κ3) is 1.59. The van der Waals surface area contributed by atoms with Gasteiger partial charge in [0.1, 0.15) is 0 Å². The van der Waals surface area contributed by atoms with Crippen LogP contribution in [0.3, 0.4) is 0 Å². The lowest BCUT2D eigenvalue weighted by molar-refractivity contribution is -0.00523.